The van der Waals surface area contributed by atoms with Gasteiger partial charge in [-0.3, -0.25) is 0 Å². The molecule has 1 atom stereocenters. The Kier molecular flexibility index (Phi) is 8.01. The van der Waals surface area contributed by atoms with Crippen molar-refractivity contribution in [2.75, 3.05) is 4.90 Å². The van der Waals surface area contributed by atoms with Gasteiger partial charge in [0.1, 0.15) is 0 Å². The van der Waals surface area contributed by atoms with Crippen LogP contribution in [0, 0.1) is 0 Å². The van der Waals surface area contributed by atoms with Crippen molar-refractivity contribution in [3.8, 4) is 22.3 Å². The van der Waals surface area contributed by atoms with Gasteiger partial charge in [0.2, 0.25) is 0 Å². The molecule has 0 N–H and O–H groups in total. The van der Waals surface area contributed by atoms with E-state index in [-0.39, 0.29) is 0 Å². The van der Waals surface area contributed by atoms with Gasteiger partial charge < -0.3 is 4.90 Å². The molecular formula is C55H43N. The molecule has 1 nitrogen and oxygen atoms in total. The van der Waals surface area contributed by atoms with Crippen molar-refractivity contribution in [2.45, 2.75) is 32.1 Å². The van der Waals surface area contributed by atoms with Crippen LogP contribution in [0.2, 0.25) is 0 Å². The van der Waals surface area contributed by atoms with Crippen LogP contribution in [0.1, 0.15) is 54.5 Å². The van der Waals surface area contributed by atoms with Crippen LogP contribution in [-0.2, 0) is 5.41 Å². The summed E-state index contributed by atoms with van der Waals surface area (Å²) in [5.41, 5.74) is 16.9. The second kappa shape index (κ2) is 13.3. The maximum Gasteiger partial charge on any atom is 0.0731 e. The second-order valence-electron chi connectivity index (χ2n) is 15.0. The fourth-order valence-corrected chi connectivity index (χ4v) is 10.2. The van der Waals surface area contributed by atoms with Gasteiger partial charge in [0.05, 0.1) is 5.41 Å². The lowest BCUT2D eigenvalue weighted by Gasteiger charge is -2.33. The molecule has 1 unspecified atom stereocenters. The molecule has 1 spiro atoms. The Morgan fingerprint density at radius 2 is 1.34 bits per heavy atom. The van der Waals surface area contributed by atoms with Gasteiger partial charge in [0.25, 0.3) is 0 Å². The molecule has 1 heteroatoms. The molecule has 0 bridgehead atoms. The predicted octanol–water partition coefficient (Wildman–Crippen LogP) is 14.0. The van der Waals surface area contributed by atoms with Crippen LogP contribution in [0.15, 0.2) is 188 Å². The molecule has 268 valence electrons. The van der Waals surface area contributed by atoms with Crippen molar-refractivity contribution >= 4 is 50.6 Å². The Labute approximate surface area is 329 Å². The molecule has 10 rings (SSSR count). The maximum atomic E-state index is 4.42. The Morgan fingerprint density at radius 3 is 2.04 bits per heavy atom. The first kappa shape index (κ1) is 33.8. The summed E-state index contributed by atoms with van der Waals surface area (Å²) < 4.78 is 0. The summed E-state index contributed by atoms with van der Waals surface area (Å²) in [4.78, 5) is 2.36. The summed E-state index contributed by atoms with van der Waals surface area (Å²) in [6, 6.07) is 47.2. The number of hydrogen-bond acceptors (Lipinski definition) is 1. The quantitative estimate of drug-likeness (QED) is 0.159. The molecule has 0 aliphatic heterocycles. The third kappa shape index (κ3) is 4.61. The van der Waals surface area contributed by atoms with E-state index >= 15 is 0 Å². The minimum Gasteiger partial charge on any atom is -0.311 e. The molecule has 0 saturated heterocycles. The first-order chi connectivity index (χ1) is 27.6. The van der Waals surface area contributed by atoms with Crippen LogP contribution in [0.5, 0.6) is 0 Å². The van der Waals surface area contributed by atoms with Crippen molar-refractivity contribution in [2.24, 2.45) is 0 Å². The first-order valence-corrected chi connectivity index (χ1v) is 19.8. The average molecular weight is 718 g/mol. The summed E-state index contributed by atoms with van der Waals surface area (Å²) in [5.74, 6) is 0. The van der Waals surface area contributed by atoms with Gasteiger partial charge >= 0.3 is 0 Å². The molecule has 0 aromatic heterocycles. The number of hydrogen-bond donors (Lipinski definition) is 0. The van der Waals surface area contributed by atoms with Gasteiger partial charge in [0.15, 0.2) is 0 Å². The average Bonchev–Trinajstić information content (AvgIpc) is 3.72. The van der Waals surface area contributed by atoms with Gasteiger partial charge in [-0.05, 0) is 151 Å². The minimum atomic E-state index is -0.506. The van der Waals surface area contributed by atoms with Crippen LogP contribution in [-0.4, -0.2) is 0 Å². The summed E-state index contributed by atoms with van der Waals surface area (Å²) in [7, 11) is 0. The summed E-state index contributed by atoms with van der Waals surface area (Å²) in [6.45, 7) is 13.1. The van der Waals surface area contributed by atoms with Crippen LogP contribution in [0.25, 0.3) is 61.5 Å². The van der Waals surface area contributed by atoms with Crippen LogP contribution in [0.4, 0.5) is 11.4 Å². The Morgan fingerprint density at radius 1 is 0.643 bits per heavy atom. The minimum absolute atomic E-state index is 0.506. The molecular weight excluding hydrogens is 675 g/mol. The Bertz CT molecular complexity index is 2950. The highest BCUT2D eigenvalue weighted by Gasteiger charge is 2.53. The molecule has 0 fully saturated rings. The van der Waals surface area contributed by atoms with Gasteiger partial charge in [-0.1, -0.05) is 153 Å². The van der Waals surface area contributed by atoms with E-state index < -0.39 is 5.41 Å². The van der Waals surface area contributed by atoms with E-state index in [9.17, 15) is 0 Å². The van der Waals surface area contributed by atoms with Crippen LogP contribution in [0.3, 0.4) is 0 Å². The smallest absolute Gasteiger partial charge is 0.0731 e. The highest BCUT2D eigenvalue weighted by molar-refractivity contribution is 6.22. The second-order valence-corrected chi connectivity index (χ2v) is 15.0. The summed E-state index contributed by atoms with van der Waals surface area (Å²) in [6.07, 6.45) is 20.0. The lowest BCUT2D eigenvalue weighted by molar-refractivity contribution is 0.793. The molecule has 7 aromatic carbocycles. The molecule has 7 aromatic rings. The number of fused-ring (bicyclic) bond motifs is 8. The van der Waals surface area contributed by atoms with Crippen molar-refractivity contribution in [3.05, 3.63) is 221 Å². The zero-order valence-corrected chi connectivity index (χ0v) is 32.0. The van der Waals surface area contributed by atoms with E-state index in [1.165, 1.54) is 88.1 Å². The SMILES string of the molecule is C=CC1=C(/C=C\C)C2(c3ccccc31)c1ccccc1-c1c2c2cccc3c(-c4ccc(N(C5=CCCC=C5)c5ccccc5)cc4)cc(C=C)c(/c1=C\C)c32. The lowest BCUT2D eigenvalue weighted by atomic mass is 9.67. The molecule has 0 saturated carbocycles. The molecule has 0 radical (unpaired) electrons. The van der Waals surface area contributed by atoms with E-state index in [0.29, 0.717) is 0 Å². The van der Waals surface area contributed by atoms with E-state index in [4.69, 9.17) is 0 Å². The van der Waals surface area contributed by atoms with E-state index in [1.54, 1.807) is 0 Å². The fraction of sp³-hybridized carbons (Fsp3) is 0.0909. The van der Waals surface area contributed by atoms with Gasteiger partial charge in [-0.15, -0.1) is 0 Å². The van der Waals surface area contributed by atoms with Gasteiger partial charge in [-0.25, -0.2) is 0 Å². The largest absolute Gasteiger partial charge is 0.311 e. The highest BCUT2D eigenvalue weighted by Crippen LogP contribution is 2.63. The van der Waals surface area contributed by atoms with Gasteiger partial charge in [-0.2, -0.15) is 0 Å². The normalized spacial score (nSPS) is 17.2. The Balaban J connectivity index is 1.28. The highest BCUT2D eigenvalue weighted by atomic mass is 15.1. The zero-order valence-electron chi connectivity index (χ0n) is 32.0. The lowest BCUT2D eigenvalue weighted by Crippen LogP contribution is -2.28. The molecule has 3 aliphatic rings. The number of rotatable bonds is 7. The van der Waals surface area contributed by atoms with E-state index in [1.807, 2.05) is 0 Å². The van der Waals surface area contributed by atoms with Crippen molar-refractivity contribution in [3.63, 3.8) is 0 Å². The number of para-hydroxylation sites is 1. The maximum absolute atomic E-state index is 4.42. The van der Waals surface area contributed by atoms with Crippen LogP contribution < -0.4 is 10.1 Å². The predicted molar refractivity (Wildman–Crippen MR) is 241 cm³/mol. The topological polar surface area (TPSA) is 3.24 Å². The number of nitrogens with zero attached hydrogens (tertiary/aromatic N) is 1. The van der Waals surface area contributed by atoms with E-state index in [2.05, 4.69) is 208 Å². The number of anilines is 2. The van der Waals surface area contributed by atoms with Crippen molar-refractivity contribution in [1.82, 2.24) is 0 Å². The molecule has 56 heavy (non-hydrogen) atoms. The monoisotopic (exact) mass is 717 g/mol. The number of allylic oxidation sites excluding steroid dienone is 8. The Hall–Kier alpha value is -6.70. The standard InChI is InChI=1S/C55H43N/c1-5-20-48-41(7-3)43-25-15-17-29-49(43)55(48)50-30-18-16-26-45(50)53-42(8-4)51-36(6-2)35-47(44-27-19-28-46(52(44)51)54(53)55)37-31-33-40(34-32-37)56(38-21-11-9-12-22-38)39-23-13-10-14-24-39/h5-9,11-13,15-35H,2-3,10,14H2,1,4H3/b20-5-,42-8+. The van der Waals surface area contributed by atoms with Gasteiger partial charge in [0, 0.05) is 17.1 Å². The summed E-state index contributed by atoms with van der Waals surface area (Å²) in [5, 5.41) is 6.34. The first-order valence-electron chi connectivity index (χ1n) is 19.8. The number of benzene rings is 7. The zero-order chi connectivity index (χ0) is 38.0. The summed E-state index contributed by atoms with van der Waals surface area (Å²) >= 11 is 0. The molecule has 0 heterocycles. The van der Waals surface area contributed by atoms with E-state index in [0.717, 1.165) is 29.8 Å². The van der Waals surface area contributed by atoms with Crippen molar-refractivity contribution < 1.29 is 0 Å². The molecule has 0 amide bonds. The third-order valence-electron chi connectivity index (χ3n) is 12.3. The van der Waals surface area contributed by atoms with Crippen molar-refractivity contribution in [1.29, 1.82) is 0 Å². The third-order valence-corrected chi connectivity index (χ3v) is 12.3. The fourth-order valence-electron chi connectivity index (χ4n) is 10.2. The molecule has 3 aliphatic carbocycles. The van der Waals surface area contributed by atoms with Crippen LogP contribution >= 0.6 is 0 Å².